The highest BCUT2D eigenvalue weighted by atomic mass is 32.2. The predicted molar refractivity (Wildman–Crippen MR) is 116 cm³/mol. The van der Waals surface area contributed by atoms with Crippen molar-refractivity contribution in [1.82, 2.24) is 5.32 Å². The Balaban J connectivity index is 1.58. The van der Waals surface area contributed by atoms with E-state index >= 15 is 0 Å². The summed E-state index contributed by atoms with van der Waals surface area (Å²) in [5, 5.41) is 5.77. The molecule has 3 rings (SSSR count). The van der Waals surface area contributed by atoms with Gasteiger partial charge in [-0.15, -0.1) is 11.8 Å². The second-order valence-electron chi connectivity index (χ2n) is 6.23. The number of hydrogen-bond donors (Lipinski definition) is 2. The zero-order valence-electron chi connectivity index (χ0n) is 16.1. The fourth-order valence-corrected chi connectivity index (χ4v) is 3.54. The van der Waals surface area contributed by atoms with Crippen LogP contribution in [0.3, 0.4) is 0 Å². The first-order valence-electron chi connectivity index (χ1n) is 9.13. The highest BCUT2D eigenvalue weighted by molar-refractivity contribution is 8.00. The number of nitrogens with one attached hydrogen (secondary N) is 2. The van der Waals surface area contributed by atoms with E-state index in [0.29, 0.717) is 23.5 Å². The molecular formula is C23H22N2O3S. The van der Waals surface area contributed by atoms with E-state index < -0.39 is 0 Å². The first-order valence-corrected chi connectivity index (χ1v) is 10.1. The van der Waals surface area contributed by atoms with Crippen molar-refractivity contribution in [2.24, 2.45) is 0 Å². The smallest absolute Gasteiger partial charge is 0.252 e. The van der Waals surface area contributed by atoms with Crippen molar-refractivity contribution in [1.29, 1.82) is 0 Å². The standard InChI is InChI=1S/C23H22N2O3S/c1-28-19-11-7-10-18(14-19)25-22(26)16-29-21-13-6-5-12-20(21)23(27)24-15-17-8-3-2-4-9-17/h2-14H,15-16H2,1H3,(H,24,27)(H,25,26). The van der Waals surface area contributed by atoms with Crippen LogP contribution in [0.15, 0.2) is 83.8 Å². The molecule has 0 fully saturated rings. The van der Waals surface area contributed by atoms with Crippen molar-refractivity contribution in [3.8, 4) is 5.75 Å². The maximum Gasteiger partial charge on any atom is 0.252 e. The fraction of sp³-hybridized carbons (Fsp3) is 0.130. The molecule has 0 aliphatic carbocycles. The Kier molecular flexibility index (Phi) is 7.30. The number of carbonyl (C=O) groups is 2. The number of anilines is 1. The van der Waals surface area contributed by atoms with E-state index in [0.717, 1.165) is 10.5 Å². The van der Waals surface area contributed by atoms with Gasteiger partial charge in [0.05, 0.1) is 18.4 Å². The Hall–Kier alpha value is -3.25. The maximum atomic E-state index is 12.6. The molecule has 29 heavy (non-hydrogen) atoms. The molecule has 0 spiro atoms. The summed E-state index contributed by atoms with van der Waals surface area (Å²) in [6.07, 6.45) is 0. The largest absolute Gasteiger partial charge is 0.497 e. The van der Waals surface area contributed by atoms with Crippen molar-refractivity contribution in [2.45, 2.75) is 11.4 Å². The predicted octanol–water partition coefficient (Wildman–Crippen LogP) is 4.36. The number of amides is 2. The average molecular weight is 407 g/mol. The molecule has 2 N–H and O–H groups in total. The highest BCUT2D eigenvalue weighted by Gasteiger charge is 2.13. The van der Waals surface area contributed by atoms with E-state index in [1.165, 1.54) is 11.8 Å². The molecule has 3 aromatic carbocycles. The van der Waals surface area contributed by atoms with Gasteiger partial charge in [-0.2, -0.15) is 0 Å². The van der Waals surface area contributed by atoms with E-state index in [2.05, 4.69) is 10.6 Å². The summed E-state index contributed by atoms with van der Waals surface area (Å²) in [4.78, 5) is 25.7. The lowest BCUT2D eigenvalue weighted by molar-refractivity contribution is -0.113. The Morgan fingerprint density at radius 2 is 1.69 bits per heavy atom. The summed E-state index contributed by atoms with van der Waals surface area (Å²) in [7, 11) is 1.58. The van der Waals surface area contributed by atoms with Gasteiger partial charge < -0.3 is 15.4 Å². The topological polar surface area (TPSA) is 67.4 Å². The number of carbonyl (C=O) groups excluding carboxylic acids is 2. The molecule has 0 radical (unpaired) electrons. The van der Waals surface area contributed by atoms with E-state index in [1.807, 2.05) is 60.7 Å². The molecule has 0 aliphatic rings. The van der Waals surface area contributed by atoms with Gasteiger partial charge in [-0.05, 0) is 29.8 Å². The lowest BCUT2D eigenvalue weighted by atomic mass is 10.2. The molecule has 0 aliphatic heterocycles. The number of rotatable bonds is 8. The van der Waals surface area contributed by atoms with Crippen LogP contribution in [0.5, 0.6) is 5.75 Å². The van der Waals surface area contributed by atoms with Gasteiger partial charge in [0.1, 0.15) is 5.75 Å². The lowest BCUT2D eigenvalue weighted by Gasteiger charge is -2.11. The van der Waals surface area contributed by atoms with Gasteiger partial charge in [0.25, 0.3) is 5.91 Å². The fourth-order valence-electron chi connectivity index (χ4n) is 2.69. The number of thioether (sulfide) groups is 1. The Bertz CT molecular complexity index is 977. The zero-order chi connectivity index (χ0) is 20.5. The number of ether oxygens (including phenoxy) is 1. The molecule has 0 saturated carbocycles. The van der Waals surface area contributed by atoms with E-state index in [-0.39, 0.29) is 17.6 Å². The molecule has 0 heterocycles. The van der Waals surface area contributed by atoms with Crippen LogP contribution in [-0.4, -0.2) is 24.7 Å². The van der Waals surface area contributed by atoms with Gasteiger partial charge in [0.15, 0.2) is 0 Å². The minimum absolute atomic E-state index is 0.150. The molecule has 0 atom stereocenters. The third-order valence-corrected chi connectivity index (χ3v) is 5.21. The maximum absolute atomic E-state index is 12.6. The summed E-state index contributed by atoms with van der Waals surface area (Å²) in [6.45, 7) is 0.453. The minimum Gasteiger partial charge on any atom is -0.497 e. The van der Waals surface area contributed by atoms with Crippen molar-refractivity contribution in [3.05, 3.63) is 90.0 Å². The summed E-state index contributed by atoms with van der Waals surface area (Å²) in [5.41, 5.74) is 2.26. The quantitative estimate of drug-likeness (QED) is 0.546. The van der Waals surface area contributed by atoms with Gasteiger partial charge >= 0.3 is 0 Å². The van der Waals surface area contributed by atoms with Gasteiger partial charge in [-0.3, -0.25) is 9.59 Å². The molecular weight excluding hydrogens is 384 g/mol. The highest BCUT2D eigenvalue weighted by Crippen LogP contribution is 2.23. The molecule has 0 aromatic heterocycles. The Morgan fingerprint density at radius 1 is 0.931 bits per heavy atom. The lowest BCUT2D eigenvalue weighted by Crippen LogP contribution is -2.23. The van der Waals surface area contributed by atoms with Crippen molar-refractivity contribution in [2.75, 3.05) is 18.2 Å². The van der Waals surface area contributed by atoms with Crippen LogP contribution in [0.4, 0.5) is 5.69 Å². The van der Waals surface area contributed by atoms with Crippen LogP contribution in [0.25, 0.3) is 0 Å². The molecule has 0 unspecified atom stereocenters. The minimum atomic E-state index is -0.162. The van der Waals surface area contributed by atoms with E-state index in [4.69, 9.17) is 4.74 Å². The van der Waals surface area contributed by atoms with E-state index in [1.54, 1.807) is 25.3 Å². The number of methoxy groups -OCH3 is 1. The molecule has 3 aromatic rings. The summed E-state index contributed by atoms with van der Waals surface area (Å²) < 4.78 is 5.16. The second kappa shape index (κ2) is 10.3. The van der Waals surface area contributed by atoms with Crippen LogP contribution in [0, 0.1) is 0 Å². The van der Waals surface area contributed by atoms with Gasteiger partial charge in [-0.1, -0.05) is 48.5 Å². The van der Waals surface area contributed by atoms with Crippen molar-refractivity contribution in [3.63, 3.8) is 0 Å². The van der Waals surface area contributed by atoms with Crippen molar-refractivity contribution < 1.29 is 14.3 Å². The molecule has 0 saturated heterocycles. The van der Waals surface area contributed by atoms with Crippen LogP contribution < -0.4 is 15.4 Å². The molecule has 148 valence electrons. The normalized spacial score (nSPS) is 10.2. The molecule has 2 amide bonds. The Labute approximate surface area is 174 Å². The Morgan fingerprint density at radius 3 is 2.48 bits per heavy atom. The summed E-state index contributed by atoms with van der Waals surface area (Å²) in [6, 6.07) is 24.2. The number of benzene rings is 3. The van der Waals surface area contributed by atoms with Crippen molar-refractivity contribution >= 4 is 29.3 Å². The average Bonchev–Trinajstić information content (AvgIpc) is 2.77. The molecule has 0 bridgehead atoms. The third-order valence-electron chi connectivity index (χ3n) is 4.14. The van der Waals surface area contributed by atoms with Gasteiger partial charge in [0, 0.05) is 23.2 Å². The van der Waals surface area contributed by atoms with Crippen LogP contribution in [-0.2, 0) is 11.3 Å². The second-order valence-corrected chi connectivity index (χ2v) is 7.25. The first kappa shape index (κ1) is 20.5. The molecule has 5 nitrogen and oxygen atoms in total. The van der Waals surface area contributed by atoms with Crippen LogP contribution in [0.1, 0.15) is 15.9 Å². The monoisotopic (exact) mass is 406 g/mol. The van der Waals surface area contributed by atoms with Gasteiger partial charge in [-0.25, -0.2) is 0 Å². The summed E-state index contributed by atoms with van der Waals surface area (Å²) in [5.74, 6) is 0.559. The van der Waals surface area contributed by atoms with Crippen LogP contribution in [0.2, 0.25) is 0 Å². The van der Waals surface area contributed by atoms with E-state index in [9.17, 15) is 9.59 Å². The number of hydrogen-bond acceptors (Lipinski definition) is 4. The zero-order valence-corrected chi connectivity index (χ0v) is 16.9. The SMILES string of the molecule is COc1cccc(NC(=O)CSc2ccccc2C(=O)NCc2ccccc2)c1. The van der Waals surface area contributed by atoms with Crippen LogP contribution >= 0.6 is 11.8 Å². The molecule has 6 heteroatoms. The first-order chi connectivity index (χ1) is 14.2. The summed E-state index contributed by atoms with van der Waals surface area (Å²) >= 11 is 1.33. The van der Waals surface area contributed by atoms with Gasteiger partial charge in [0.2, 0.25) is 5.91 Å². The third kappa shape index (κ3) is 6.12.